The molecule has 0 unspecified atom stereocenters. The Morgan fingerprint density at radius 3 is 0.718 bits per heavy atom. The van der Waals surface area contributed by atoms with Crippen molar-refractivity contribution >= 4 is 99.5 Å². The molecule has 0 aliphatic carbocycles. The van der Waals surface area contributed by atoms with Crippen molar-refractivity contribution < 1.29 is 0 Å². The molecule has 0 bridgehead atoms. The predicted octanol–water partition coefficient (Wildman–Crippen LogP) is 29.7. The van der Waals surface area contributed by atoms with Crippen LogP contribution in [0.5, 0.6) is 0 Å². The van der Waals surface area contributed by atoms with E-state index in [1.807, 2.05) is 0 Å². The van der Waals surface area contributed by atoms with Crippen LogP contribution in [0.25, 0.3) is 149 Å². The molecule has 0 fully saturated rings. The molecule has 18 aromatic carbocycles. The SMILES string of the molecule is CN(c1ccccc1)c1ccc2c(c1)c1cc(-c3ccc(-c4ccccc4)cc3)ccc1n2-c1ccccc1.CN(c1ccccc1)c1ccc2c(c1)c1cc(-c3cccc(-c4ccccc4)c3)ccc1n2-c1ccccc1.CN(c1ccccc1)c1ccc2c(c1)c1cc(-c3ccccc3-c3ccccc3)ccc1n2-c1ccccc1. The molecule has 21 aromatic rings. The van der Waals surface area contributed by atoms with Gasteiger partial charge in [0, 0.05) is 105 Å². The Morgan fingerprint density at radius 1 is 0.145 bits per heavy atom. The number of para-hydroxylation sites is 6. The summed E-state index contributed by atoms with van der Waals surface area (Å²) < 4.78 is 7.13. The molecule has 0 aliphatic heterocycles. The number of aromatic nitrogens is 3. The molecule has 3 aromatic heterocycles. The lowest BCUT2D eigenvalue weighted by molar-refractivity contribution is 1.17. The zero-order valence-corrected chi connectivity index (χ0v) is 65.5. The van der Waals surface area contributed by atoms with Crippen LogP contribution in [-0.4, -0.2) is 34.8 Å². The van der Waals surface area contributed by atoms with Crippen molar-refractivity contribution in [1.82, 2.24) is 13.7 Å². The number of fused-ring (bicyclic) bond motifs is 9. The van der Waals surface area contributed by atoms with Gasteiger partial charge >= 0.3 is 0 Å². The van der Waals surface area contributed by atoms with E-state index in [1.165, 1.54) is 172 Å². The lowest BCUT2D eigenvalue weighted by atomic mass is 9.94. The maximum Gasteiger partial charge on any atom is 0.0542 e. The van der Waals surface area contributed by atoms with Gasteiger partial charge in [-0.25, -0.2) is 0 Å². The molecule has 6 nitrogen and oxygen atoms in total. The summed E-state index contributed by atoms with van der Waals surface area (Å²) in [5.41, 5.74) is 32.5. The van der Waals surface area contributed by atoms with Crippen LogP contribution >= 0.6 is 0 Å². The Morgan fingerprint density at radius 2 is 0.359 bits per heavy atom. The van der Waals surface area contributed by atoms with Crippen LogP contribution in [0.1, 0.15) is 0 Å². The van der Waals surface area contributed by atoms with E-state index in [9.17, 15) is 0 Å². The van der Waals surface area contributed by atoms with E-state index in [1.54, 1.807) is 0 Å². The first-order chi connectivity index (χ1) is 57.8. The second-order valence-corrected chi connectivity index (χ2v) is 29.8. The van der Waals surface area contributed by atoms with Crippen LogP contribution in [0.2, 0.25) is 0 Å². The van der Waals surface area contributed by atoms with E-state index in [2.05, 4.69) is 505 Å². The van der Waals surface area contributed by atoms with Crippen molar-refractivity contribution in [1.29, 1.82) is 0 Å². The van der Waals surface area contributed by atoms with Crippen LogP contribution in [-0.2, 0) is 0 Å². The molecule has 558 valence electrons. The lowest BCUT2D eigenvalue weighted by Crippen LogP contribution is -2.08. The largest absolute Gasteiger partial charge is 0.345 e. The van der Waals surface area contributed by atoms with Crippen molar-refractivity contribution in [3.05, 3.63) is 455 Å². The van der Waals surface area contributed by atoms with Crippen molar-refractivity contribution in [2.24, 2.45) is 0 Å². The van der Waals surface area contributed by atoms with Crippen molar-refractivity contribution in [2.45, 2.75) is 0 Å². The van der Waals surface area contributed by atoms with Gasteiger partial charge in [0.2, 0.25) is 0 Å². The summed E-state index contributed by atoms with van der Waals surface area (Å²) in [6.07, 6.45) is 0. The molecular weight excluding hydrogens is 1420 g/mol. The normalized spacial score (nSPS) is 11.2. The van der Waals surface area contributed by atoms with E-state index in [-0.39, 0.29) is 0 Å². The first-order valence-electron chi connectivity index (χ1n) is 40.0. The summed E-state index contributed by atoms with van der Waals surface area (Å²) in [6.45, 7) is 0. The van der Waals surface area contributed by atoms with Crippen LogP contribution in [0.4, 0.5) is 34.1 Å². The van der Waals surface area contributed by atoms with Gasteiger partial charge in [-0.2, -0.15) is 0 Å². The minimum atomic E-state index is 1.16. The van der Waals surface area contributed by atoms with E-state index < -0.39 is 0 Å². The number of anilines is 6. The lowest BCUT2D eigenvalue weighted by Gasteiger charge is -2.19. The van der Waals surface area contributed by atoms with Crippen LogP contribution in [0.3, 0.4) is 0 Å². The van der Waals surface area contributed by atoms with Gasteiger partial charge in [-0.3, -0.25) is 0 Å². The van der Waals surface area contributed by atoms with Gasteiger partial charge < -0.3 is 28.4 Å². The van der Waals surface area contributed by atoms with E-state index in [4.69, 9.17) is 0 Å². The Balaban J connectivity index is 0.000000117. The van der Waals surface area contributed by atoms with E-state index >= 15 is 0 Å². The van der Waals surface area contributed by atoms with Gasteiger partial charge in [0.1, 0.15) is 0 Å². The highest BCUT2D eigenvalue weighted by molar-refractivity contribution is 6.14. The highest BCUT2D eigenvalue weighted by Crippen LogP contribution is 2.44. The number of hydrogen-bond donors (Lipinski definition) is 0. The van der Waals surface area contributed by atoms with Gasteiger partial charge in [0.05, 0.1) is 33.1 Å². The number of rotatable bonds is 15. The number of benzene rings is 18. The van der Waals surface area contributed by atoms with Crippen molar-refractivity contribution in [2.75, 3.05) is 35.8 Å². The van der Waals surface area contributed by atoms with Crippen molar-refractivity contribution in [3.63, 3.8) is 0 Å². The summed E-state index contributed by atoms with van der Waals surface area (Å²) in [7, 11) is 6.40. The van der Waals surface area contributed by atoms with Crippen molar-refractivity contribution in [3.8, 4) is 83.8 Å². The molecule has 0 N–H and O–H groups in total. The third-order valence-electron chi connectivity index (χ3n) is 22.8. The molecular formula is C111H84N6. The monoisotopic (exact) mass is 1500 g/mol. The maximum atomic E-state index is 2.38. The fourth-order valence-corrected chi connectivity index (χ4v) is 16.8. The minimum Gasteiger partial charge on any atom is -0.345 e. The average molecular weight is 1500 g/mol. The molecule has 0 aliphatic rings. The molecule has 6 heteroatoms. The van der Waals surface area contributed by atoms with E-state index in [0.717, 1.165) is 11.4 Å². The topological polar surface area (TPSA) is 24.5 Å². The van der Waals surface area contributed by atoms with Gasteiger partial charge in [0.15, 0.2) is 0 Å². The highest BCUT2D eigenvalue weighted by atomic mass is 15.1. The van der Waals surface area contributed by atoms with E-state index in [0.29, 0.717) is 0 Å². The Kier molecular flexibility index (Phi) is 19.8. The smallest absolute Gasteiger partial charge is 0.0542 e. The molecule has 117 heavy (non-hydrogen) atoms. The maximum absolute atomic E-state index is 2.38. The molecule has 3 heterocycles. The molecule has 0 amide bonds. The molecule has 0 spiro atoms. The van der Waals surface area contributed by atoms with Gasteiger partial charge in [-0.1, -0.05) is 285 Å². The van der Waals surface area contributed by atoms with Crippen LogP contribution < -0.4 is 14.7 Å². The Bertz CT molecular complexity index is 7050. The summed E-state index contributed by atoms with van der Waals surface area (Å²) in [6, 6.07) is 163. The van der Waals surface area contributed by atoms with Gasteiger partial charge in [0.25, 0.3) is 0 Å². The van der Waals surface area contributed by atoms with Gasteiger partial charge in [-0.05, 0) is 237 Å². The number of nitrogens with zero attached hydrogens (tertiary/aromatic N) is 6. The highest BCUT2D eigenvalue weighted by Gasteiger charge is 2.21. The fraction of sp³-hybridized carbons (Fsp3) is 0.0270. The zero-order chi connectivity index (χ0) is 78.5. The second kappa shape index (κ2) is 32.1. The first kappa shape index (κ1) is 72.0. The first-order valence-corrected chi connectivity index (χ1v) is 40.0. The molecule has 0 saturated heterocycles. The quantitative estimate of drug-likeness (QED) is 0.102. The average Bonchev–Trinajstić information content (AvgIpc) is 1.60. The summed E-state index contributed by atoms with van der Waals surface area (Å²) >= 11 is 0. The standard InChI is InChI=1S/3C37H28N2/c1-38(29-15-7-3-8-16-29)31-22-24-37-35(26-31)34-25-28(21-23-36(34)39(37)30-17-9-4-10-18-30)33-20-12-11-19-32(33)27-13-5-2-6-14-27;1-38(31-16-7-3-8-17-31)33-21-23-37-35(26-33)34-25-30(20-22-36(34)39(37)32-18-9-4-10-19-32)29-15-11-14-28(24-29)27-12-5-2-6-13-27;1-38(31-13-7-3-8-14-31)33-22-24-37-35(26-33)34-25-30(21-23-36(34)39(37)32-15-9-4-10-16-32)29-19-17-28(18-20-29)27-11-5-2-6-12-27/h3*2-26H,1H3. The van der Waals surface area contributed by atoms with Gasteiger partial charge in [-0.15, -0.1) is 0 Å². The molecule has 0 atom stereocenters. The zero-order valence-electron chi connectivity index (χ0n) is 65.5. The summed E-state index contributed by atoms with van der Waals surface area (Å²) in [5, 5.41) is 7.49. The Labute approximate surface area is 683 Å². The molecule has 0 saturated carbocycles. The third-order valence-corrected chi connectivity index (χ3v) is 22.8. The Hall–Kier alpha value is -15.2. The third kappa shape index (κ3) is 14.3. The molecule has 0 radical (unpaired) electrons. The minimum absolute atomic E-state index is 1.16. The summed E-state index contributed by atoms with van der Waals surface area (Å²) in [5.74, 6) is 0. The van der Waals surface area contributed by atoms with Crippen LogP contribution in [0.15, 0.2) is 455 Å². The fourth-order valence-electron chi connectivity index (χ4n) is 16.8. The van der Waals surface area contributed by atoms with Crippen LogP contribution in [0, 0.1) is 0 Å². The second-order valence-electron chi connectivity index (χ2n) is 29.8. The molecule has 21 rings (SSSR count). The predicted molar refractivity (Wildman–Crippen MR) is 498 cm³/mol. The summed E-state index contributed by atoms with van der Waals surface area (Å²) in [4.78, 5) is 6.75. The number of hydrogen-bond acceptors (Lipinski definition) is 3.